The lowest BCUT2D eigenvalue weighted by Crippen LogP contribution is -2.41. The van der Waals surface area contributed by atoms with Crippen molar-refractivity contribution in [1.82, 2.24) is 14.9 Å². The number of nitrogens with one attached hydrogen (secondary N) is 1. The minimum Gasteiger partial charge on any atom is -0.495 e. The maximum absolute atomic E-state index is 11.9. The number of likely N-dealkylation sites (tertiary alicyclic amines) is 1. The fourth-order valence-corrected chi connectivity index (χ4v) is 5.12. The standard InChI is InChI=1S/C28H28N4O4S/c1-4-27(33)32-10-7-20(8-11-32)36-26-14-21-22(15-25(26)35-3)29-17-30-28(21)31-23-13-18(5-6-24(23)34-2)19-9-12-37-16-19/h4-6,9,12-17,20H,1,7-8,10-11H2,2-3H3,(H,29,30,31). The summed E-state index contributed by atoms with van der Waals surface area (Å²) in [5, 5.41) is 8.40. The van der Waals surface area contributed by atoms with Gasteiger partial charge in [0.05, 0.1) is 25.4 Å². The Balaban J connectivity index is 1.45. The van der Waals surface area contributed by atoms with Crippen molar-refractivity contribution in [3.8, 4) is 28.4 Å². The maximum Gasteiger partial charge on any atom is 0.245 e. The fourth-order valence-electron chi connectivity index (χ4n) is 4.46. The Bertz CT molecular complexity index is 1420. The van der Waals surface area contributed by atoms with Crippen LogP contribution in [0.3, 0.4) is 0 Å². The maximum atomic E-state index is 11.9. The lowest BCUT2D eigenvalue weighted by Gasteiger charge is -2.31. The third kappa shape index (κ3) is 5.22. The van der Waals surface area contributed by atoms with E-state index < -0.39 is 0 Å². The molecular formula is C28H28N4O4S. The van der Waals surface area contributed by atoms with Gasteiger partial charge in [0, 0.05) is 37.4 Å². The van der Waals surface area contributed by atoms with E-state index in [-0.39, 0.29) is 12.0 Å². The van der Waals surface area contributed by atoms with Gasteiger partial charge in [0.2, 0.25) is 5.91 Å². The Hall–Kier alpha value is -4.11. The molecule has 8 nitrogen and oxygen atoms in total. The van der Waals surface area contributed by atoms with Crippen molar-refractivity contribution < 1.29 is 19.0 Å². The molecule has 0 atom stereocenters. The molecule has 3 heterocycles. The minimum absolute atomic E-state index is 0.0383. The van der Waals surface area contributed by atoms with Crippen LogP contribution >= 0.6 is 11.3 Å². The molecule has 0 unspecified atom stereocenters. The number of thiophene rings is 1. The number of anilines is 2. The van der Waals surface area contributed by atoms with E-state index in [1.807, 2.05) is 30.3 Å². The van der Waals surface area contributed by atoms with Gasteiger partial charge in [-0.3, -0.25) is 4.79 Å². The molecule has 190 valence electrons. The Kier molecular flexibility index (Phi) is 7.23. The fraction of sp³-hybridized carbons (Fsp3) is 0.250. The lowest BCUT2D eigenvalue weighted by molar-refractivity contribution is -0.127. The van der Waals surface area contributed by atoms with Crippen molar-refractivity contribution in [2.24, 2.45) is 0 Å². The number of benzene rings is 2. The Morgan fingerprint density at radius 2 is 1.86 bits per heavy atom. The molecule has 4 aromatic rings. The van der Waals surface area contributed by atoms with Crippen LogP contribution < -0.4 is 19.5 Å². The summed E-state index contributed by atoms with van der Waals surface area (Å²) in [6.45, 7) is 4.83. The van der Waals surface area contributed by atoms with Crippen molar-refractivity contribution in [1.29, 1.82) is 0 Å². The van der Waals surface area contributed by atoms with Gasteiger partial charge >= 0.3 is 0 Å². The number of rotatable bonds is 8. The van der Waals surface area contributed by atoms with Crippen LogP contribution in [0.1, 0.15) is 12.8 Å². The van der Waals surface area contributed by atoms with Gasteiger partial charge < -0.3 is 24.4 Å². The molecule has 0 radical (unpaired) electrons. The third-order valence-corrected chi connectivity index (χ3v) is 7.13. The van der Waals surface area contributed by atoms with E-state index in [0.717, 1.165) is 40.6 Å². The summed E-state index contributed by atoms with van der Waals surface area (Å²) >= 11 is 1.66. The van der Waals surface area contributed by atoms with Crippen LogP contribution in [0.15, 0.2) is 66.1 Å². The van der Waals surface area contributed by atoms with Crippen LogP contribution in [-0.4, -0.2) is 54.2 Å². The van der Waals surface area contributed by atoms with Crippen molar-refractivity contribution in [2.75, 3.05) is 32.6 Å². The molecule has 1 saturated heterocycles. The summed E-state index contributed by atoms with van der Waals surface area (Å²) in [7, 11) is 3.26. The molecule has 1 aliphatic rings. The number of hydrogen-bond acceptors (Lipinski definition) is 8. The van der Waals surface area contributed by atoms with E-state index in [1.54, 1.807) is 30.5 Å². The molecule has 5 rings (SSSR count). The molecule has 37 heavy (non-hydrogen) atoms. The second kappa shape index (κ2) is 10.9. The van der Waals surface area contributed by atoms with E-state index >= 15 is 0 Å². The van der Waals surface area contributed by atoms with Crippen molar-refractivity contribution >= 4 is 39.7 Å². The normalized spacial score (nSPS) is 13.8. The number of nitrogens with zero attached hydrogens (tertiary/aromatic N) is 3. The summed E-state index contributed by atoms with van der Waals surface area (Å²) in [4.78, 5) is 22.7. The predicted octanol–water partition coefficient (Wildman–Crippen LogP) is 5.67. The first-order valence-corrected chi connectivity index (χ1v) is 12.9. The molecule has 2 aromatic heterocycles. The number of hydrogen-bond donors (Lipinski definition) is 1. The number of methoxy groups -OCH3 is 2. The van der Waals surface area contributed by atoms with Gasteiger partial charge in [-0.1, -0.05) is 12.6 Å². The molecule has 1 aliphatic heterocycles. The highest BCUT2D eigenvalue weighted by Crippen LogP contribution is 2.38. The summed E-state index contributed by atoms with van der Waals surface area (Å²) in [6, 6.07) is 11.9. The topological polar surface area (TPSA) is 85.8 Å². The summed E-state index contributed by atoms with van der Waals surface area (Å²) < 4.78 is 17.6. The number of carbonyl (C=O) groups is 1. The number of ether oxygens (including phenoxy) is 3. The summed E-state index contributed by atoms with van der Waals surface area (Å²) in [5.41, 5.74) is 3.74. The lowest BCUT2D eigenvalue weighted by atomic mass is 10.1. The first-order chi connectivity index (χ1) is 18.1. The molecule has 2 aromatic carbocycles. The van der Waals surface area contributed by atoms with Crippen molar-refractivity contribution in [3.63, 3.8) is 0 Å². The highest BCUT2D eigenvalue weighted by atomic mass is 32.1. The number of piperidine rings is 1. The van der Waals surface area contributed by atoms with E-state index in [2.05, 4.69) is 38.7 Å². The zero-order valence-electron chi connectivity index (χ0n) is 20.8. The van der Waals surface area contributed by atoms with E-state index in [1.165, 1.54) is 12.4 Å². The quantitative estimate of drug-likeness (QED) is 0.302. The highest BCUT2D eigenvalue weighted by Gasteiger charge is 2.24. The average molecular weight is 517 g/mol. The van der Waals surface area contributed by atoms with Gasteiger partial charge in [0.15, 0.2) is 11.5 Å². The second-order valence-electron chi connectivity index (χ2n) is 8.64. The molecule has 0 bridgehead atoms. The van der Waals surface area contributed by atoms with Crippen LogP contribution in [0, 0.1) is 0 Å². The number of aromatic nitrogens is 2. The predicted molar refractivity (Wildman–Crippen MR) is 146 cm³/mol. The number of amides is 1. The smallest absolute Gasteiger partial charge is 0.245 e. The van der Waals surface area contributed by atoms with Crippen molar-refractivity contribution in [3.05, 3.63) is 66.1 Å². The molecule has 0 saturated carbocycles. The number of fused-ring (bicyclic) bond motifs is 1. The average Bonchev–Trinajstić information content (AvgIpc) is 3.48. The highest BCUT2D eigenvalue weighted by molar-refractivity contribution is 7.08. The number of carbonyl (C=O) groups excluding carboxylic acids is 1. The van der Waals surface area contributed by atoms with Gasteiger partial charge in [-0.25, -0.2) is 9.97 Å². The molecule has 0 aliphatic carbocycles. The zero-order valence-corrected chi connectivity index (χ0v) is 21.6. The SMILES string of the molecule is C=CC(=O)N1CCC(Oc2cc3c(Nc4cc(-c5ccsc5)ccc4OC)ncnc3cc2OC)CC1. The second-order valence-corrected chi connectivity index (χ2v) is 9.42. The Morgan fingerprint density at radius 3 is 2.57 bits per heavy atom. The Labute approximate surface area is 219 Å². The first-order valence-electron chi connectivity index (χ1n) is 12.0. The molecule has 1 fully saturated rings. The van der Waals surface area contributed by atoms with E-state index in [9.17, 15) is 4.79 Å². The summed E-state index contributed by atoms with van der Waals surface area (Å²) in [6.07, 6.45) is 4.29. The minimum atomic E-state index is -0.0481. The summed E-state index contributed by atoms with van der Waals surface area (Å²) in [5.74, 6) is 2.49. The third-order valence-electron chi connectivity index (χ3n) is 6.45. The molecule has 0 spiro atoms. The Morgan fingerprint density at radius 1 is 1.05 bits per heavy atom. The van der Waals surface area contributed by atoms with Gasteiger partial charge in [0.25, 0.3) is 0 Å². The van der Waals surface area contributed by atoms with Crippen LogP contribution in [0.5, 0.6) is 17.2 Å². The largest absolute Gasteiger partial charge is 0.495 e. The first kappa shape index (κ1) is 24.6. The van der Waals surface area contributed by atoms with Gasteiger partial charge in [-0.2, -0.15) is 11.3 Å². The van der Waals surface area contributed by atoms with Gasteiger partial charge in [-0.05, 0) is 52.2 Å². The van der Waals surface area contributed by atoms with Gasteiger partial charge in [-0.15, -0.1) is 0 Å². The van der Waals surface area contributed by atoms with E-state index in [4.69, 9.17) is 14.2 Å². The molecule has 1 N–H and O–H groups in total. The van der Waals surface area contributed by atoms with Crippen molar-refractivity contribution in [2.45, 2.75) is 18.9 Å². The molecular weight excluding hydrogens is 488 g/mol. The monoisotopic (exact) mass is 516 g/mol. The van der Waals surface area contributed by atoms with Crippen LogP contribution in [0.25, 0.3) is 22.0 Å². The van der Waals surface area contributed by atoms with Crippen LogP contribution in [0.2, 0.25) is 0 Å². The molecule has 9 heteroatoms. The molecule has 1 amide bonds. The van der Waals surface area contributed by atoms with Crippen LogP contribution in [-0.2, 0) is 4.79 Å². The zero-order chi connectivity index (χ0) is 25.8. The van der Waals surface area contributed by atoms with Gasteiger partial charge in [0.1, 0.15) is 24.0 Å². The van der Waals surface area contributed by atoms with E-state index in [0.29, 0.717) is 36.2 Å². The van der Waals surface area contributed by atoms with Crippen LogP contribution in [0.4, 0.5) is 11.5 Å².